The van der Waals surface area contributed by atoms with Crippen LogP contribution in [-0.2, 0) is 17.6 Å². The summed E-state index contributed by atoms with van der Waals surface area (Å²) in [6.45, 7) is 0. The number of aliphatic carboxylic acids is 1. The molecule has 1 aliphatic carbocycles. The first-order valence-electron chi connectivity index (χ1n) is 7.47. The van der Waals surface area contributed by atoms with E-state index >= 15 is 0 Å². The van der Waals surface area contributed by atoms with Crippen LogP contribution in [-0.4, -0.2) is 11.1 Å². The largest absolute Gasteiger partial charge is 0.478 e. The second-order valence-electron chi connectivity index (χ2n) is 5.58. The first-order valence-corrected chi connectivity index (χ1v) is 7.84. The van der Waals surface area contributed by atoms with Gasteiger partial charge in [-0.15, -0.1) is 0 Å². The number of hydrogen-bond donors (Lipinski definition) is 1. The molecular weight excluding hydrogens is 296 g/mol. The molecule has 0 unspecified atom stereocenters. The average molecular weight is 313 g/mol. The Kier molecular flexibility index (Phi) is 4.30. The molecule has 0 fully saturated rings. The molecule has 2 aromatic rings. The van der Waals surface area contributed by atoms with Crippen molar-refractivity contribution in [1.82, 2.24) is 0 Å². The number of carboxylic acid groups (broad SMARTS) is 1. The number of halogens is 1. The van der Waals surface area contributed by atoms with Crippen molar-refractivity contribution in [3.63, 3.8) is 0 Å². The molecule has 0 heterocycles. The molecule has 0 atom stereocenters. The Hall–Kier alpha value is -2.06. The molecule has 0 radical (unpaired) electrons. The Balaban J connectivity index is 2.05. The van der Waals surface area contributed by atoms with Crippen molar-refractivity contribution in [1.29, 1.82) is 0 Å². The Bertz CT molecular complexity index is 747. The normalized spacial score (nSPS) is 14.5. The summed E-state index contributed by atoms with van der Waals surface area (Å²) in [5.74, 6) is -0.935. The lowest BCUT2D eigenvalue weighted by Crippen LogP contribution is -2.05. The summed E-state index contributed by atoms with van der Waals surface area (Å²) in [4.78, 5) is 11.7. The molecule has 0 bridgehead atoms. The van der Waals surface area contributed by atoms with Crippen molar-refractivity contribution < 1.29 is 9.90 Å². The maximum absolute atomic E-state index is 11.7. The third kappa shape index (κ3) is 3.07. The molecule has 0 aliphatic heterocycles. The summed E-state index contributed by atoms with van der Waals surface area (Å²) in [7, 11) is 0. The number of fused-ring (bicyclic) bond motifs is 1. The van der Waals surface area contributed by atoms with Gasteiger partial charge >= 0.3 is 5.97 Å². The maximum Gasteiger partial charge on any atom is 0.336 e. The fourth-order valence-corrected chi connectivity index (χ4v) is 3.11. The van der Waals surface area contributed by atoms with E-state index in [1.54, 1.807) is 12.1 Å². The maximum atomic E-state index is 11.7. The lowest BCUT2D eigenvalue weighted by atomic mass is 9.89. The lowest BCUT2D eigenvalue weighted by molar-refractivity contribution is -0.130. The van der Waals surface area contributed by atoms with Crippen LogP contribution < -0.4 is 0 Å². The molecular formula is C19H17ClO2. The third-order valence-corrected chi connectivity index (χ3v) is 4.44. The van der Waals surface area contributed by atoms with Crippen molar-refractivity contribution in [2.75, 3.05) is 0 Å². The minimum atomic E-state index is -0.935. The van der Waals surface area contributed by atoms with Crippen LogP contribution in [0.15, 0.2) is 42.5 Å². The fourth-order valence-electron chi connectivity index (χ4n) is 2.92. The zero-order valence-electron chi connectivity index (χ0n) is 12.2. The van der Waals surface area contributed by atoms with Crippen molar-refractivity contribution in [3.8, 4) is 0 Å². The molecule has 3 rings (SSSR count). The van der Waals surface area contributed by atoms with Gasteiger partial charge in [-0.3, -0.25) is 0 Å². The van der Waals surface area contributed by atoms with Crippen LogP contribution in [0.25, 0.3) is 11.6 Å². The van der Waals surface area contributed by atoms with Gasteiger partial charge in [0, 0.05) is 5.02 Å². The van der Waals surface area contributed by atoms with E-state index in [1.807, 2.05) is 30.3 Å². The van der Waals surface area contributed by atoms with E-state index in [0.717, 1.165) is 24.0 Å². The number of aryl methyl sites for hydroxylation is 2. The molecule has 1 N–H and O–H groups in total. The molecule has 22 heavy (non-hydrogen) atoms. The summed E-state index contributed by atoms with van der Waals surface area (Å²) in [5, 5.41) is 10.1. The minimum absolute atomic E-state index is 0.279. The Morgan fingerprint density at radius 3 is 2.50 bits per heavy atom. The first kappa shape index (κ1) is 14.9. The Morgan fingerprint density at radius 2 is 1.77 bits per heavy atom. The predicted octanol–water partition coefficient (Wildman–Crippen LogP) is 4.84. The molecule has 112 valence electrons. The predicted molar refractivity (Wildman–Crippen MR) is 90.0 cm³/mol. The van der Waals surface area contributed by atoms with E-state index in [1.165, 1.54) is 24.0 Å². The topological polar surface area (TPSA) is 37.3 Å². The van der Waals surface area contributed by atoms with Crippen LogP contribution in [0.2, 0.25) is 5.02 Å². The van der Waals surface area contributed by atoms with Crippen molar-refractivity contribution in [2.24, 2.45) is 0 Å². The van der Waals surface area contributed by atoms with Gasteiger partial charge in [-0.1, -0.05) is 48.0 Å². The van der Waals surface area contributed by atoms with E-state index in [9.17, 15) is 9.90 Å². The average Bonchev–Trinajstić information content (AvgIpc) is 2.53. The summed E-state index contributed by atoms with van der Waals surface area (Å²) in [5.41, 5.74) is 4.36. The Morgan fingerprint density at radius 1 is 1.05 bits per heavy atom. The highest BCUT2D eigenvalue weighted by Gasteiger charge is 2.15. The highest BCUT2D eigenvalue weighted by Crippen LogP contribution is 2.28. The van der Waals surface area contributed by atoms with Gasteiger partial charge < -0.3 is 5.11 Å². The monoisotopic (exact) mass is 312 g/mol. The van der Waals surface area contributed by atoms with Crippen molar-refractivity contribution in [2.45, 2.75) is 25.7 Å². The molecule has 3 heteroatoms. The lowest BCUT2D eigenvalue weighted by Gasteiger charge is -2.16. The van der Waals surface area contributed by atoms with Crippen molar-refractivity contribution >= 4 is 29.2 Å². The van der Waals surface area contributed by atoms with Gasteiger partial charge in [0.1, 0.15) is 0 Å². The number of carboxylic acids is 1. The quantitative estimate of drug-likeness (QED) is 0.650. The second kappa shape index (κ2) is 6.37. The number of carbonyl (C=O) groups is 1. The summed E-state index contributed by atoms with van der Waals surface area (Å²) >= 11 is 6.14. The molecule has 0 saturated heterocycles. The summed E-state index contributed by atoms with van der Waals surface area (Å²) < 4.78 is 0. The summed E-state index contributed by atoms with van der Waals surface area (Å²) in [6.07, 6.45) is 6.16. The van der Waals surface area contributed by atoms with Gasteiger partial charge in [0.25, 0.3) is 0 Å². The molecule has 2 aromatic carbocycles. The van der Waals surface area contributed by atoms with Gasteiger partial charge in [-0.25, -0.2) is 4.79 Å². The van der Waals surface area contributed by atoms with Crippen molar-refractivity contribution in [3.05, 3.63) is 69.7 Å². The highest BCUT2D eigenvalue weighted by molar-refractivity contribution is 6.33. The van der Waals surface area contributed by atoms with E-state index in [2.05, 4.69) is 6.07 Å². The fraction of sp³-hybridized carbons (Fsp3) is 0.211. The molecule has 0 saturated carbocycles. The van der Waals surface area contributed by atoms with Crippen LogP contribution in [0.4, 0.5) is 0 Å². The van der Waals surface area contributed by atoms with Gasteiger partial charge in [0.05, 0.1) is 5.57 Å². The van der Waals surface area contributed by atoms with E-state index in [-0.39, 0.29) is 5.57 Å². The molecule has 0 aromatic heterocycles. The van der Waals surface area contributed by atoms with Crippen LogP contribution in [0.3, 0.4) is 0 Å². The van der Waals surface area contributed by atoms with E-state index < -0.39 is 5.97 Å². The number of hydrogen-bond acceptors (Lipinski definition) is 1. The smallest absolute Gasteiger partial charge is 0.336 e. The van der Waals surface area contributed by atoms with Crippen LogP contribution in [0.1, 0.15) is 35.1 Å². The van der Waals surface area contributed by atoms with E-state index in [0.29, 0.717) is 5.02 Å². The summed E-state index contributed by atoms with van der Waals surface area (Å²) in [6, 6.07) is 13.3. The molecule has 2 nitrogen and oxygen atoms in total. The molecule has 0 amide bonds. The zero-order chi connectivity index (χ0) is 15.5. The SMILES string of the molecule is O=C(O)/C(=C\c1ccccc1Cl)c1ccc2c(c1)CCCC2. The highest BCUT2D eigenvalue weighted by atomic mass is 35.5. The van der Waals surface area contributed by atoms with Crippen LogP contribution in [0, 0.1) is 0 Å². The van der Waals surface area contributed by atoms with Gasteiger partial charge in [-0.2, -0.15) is 0 Å². The number of benzene rings is 2. The first-order chi connectivity index (χ1) is 10.6. The van der Waals surface area contributed by atoms with Gasteiger partial charge in [0.15, 0.2) is 0 Å². The van der Waals surface area contributed by atoms with E-state index in [4.69, 9.17) is 11.6 Å². The standard InChI is InChI=1S/C19H17ClO2/c20-18-8-4-3-7-16(18)12-17(19(21)22)15-10-9-13-5-1-2-6-14(13)11-15/h3-4,7-12H,1-2,5-6H2,(H,21,22)/b17-12-. The Labute approximate surface area is 135 Å². The number of rotatable bonds is 3. The zero-order valence-corrected chi connectivity index (χ0v) is 12.9. The van der Waals surface area contributed by atoms with Crippen LogP contribution in [0.5, 0.6) is 0 Å². The van der Waals surface area contributed by atoms with Gasteiger partial charge in [-0.05, 0) is 60.1 Å². The molecule has 1 aliphatic rings. The minimum Gasteiger partial charge on any atom is -0.478 e. The van der Waals surface area contributed by atoms with Gasteiger partial charge in [0.2, 0.25) is 0 Å². The third-order valence-electron chi connectivity index (χ3n) is 4.09. The second-order valence-corrected chi connectivity index (χ2v) is 5.98. The molecule has 0 spiro atoms. The van der Waals surface area contributed by atoms with Crippen LogP contribution >= 0.6 is 11.6 Å².